The molecule has 0 heteroatoms. The highest BCUT2D eigenvalue weighted by Gasteiger charge is 2.04. The van der Waals surface area contributed by atoms with Gasteiger partial charge in [0.15, 0.2) is 0 Å². The van der Waals surface area contributed by atoms with E-state index in [4.69, 9.17) is 0 Å². The van der Waals surface area contributed by atoms with Crippen LogP contribution < -0.4 is 0 Å². The molecule has 0 radical (unpaired) electrons. The molecule has 1 atom stereocenters. The smallest absolute Gasteiger partial charge is 0.0420 e. The normalized spacial score (nSPS) is 12.3. The Kier molecular flexibility index (Phi) is 12.3. The zero-order chi connectivity index (χ0) is 9.28. The molecule has 0 saturated carbocycles. The minimum absolute atomic E-state index is 0.872. The Labute approximate surface area is 73.4 Å². The van der Waals surface area contributed by atoms with Crippen LogP contribution in [0.15, 0.2) is 0 Å². The highest BCUT2D eigenvalue weighted by Crippen LogP contribution is 2.16. The molecule has 0 bridgehead atoms. The zero-order valence-electron chi connectivity index (χ0n) is 9.28. The average Bonchev–Trinajstić information content (AvgIpc) is 2.03. The number of hydrogen-bond acceptors (Lipinski definition) is 0. The lowest BCUT2D eigenvalue weighted by Crippen LogP contribution is -2.02. The van der Waals surface area contributed by atoms with Crippen LogP contribution in [0.5, 0.6) is 0 Å². The highest BCUT2D eigenvalue weighted by molar-refractivity contribution is 4.55. The summed E-state index contributed by atoms with van der Waals surface area (Å²) in [7, 11) is 0. The van der Waals surface area contributed by atoms with Crippen molar-refractivity contribution in [2.24, 2.45) is 11.8 Å². The van der Waals surface area contributed by atoms with E-state index in [-0.39, 0.29) is 0 Å². The molecule has 0 amide bonds. The topological polar surface area (TPSA) is 0 Å². The van der Waals surface area contributed by atoms with Gasteiger partial charge in [-0.15, -0.1) is 0 Å². The van der Waals surface area contributed by atoms with Crippen LogP contribution in [-0.2, 0) is 0 Å². The van der Waals surface area contributed by atoms with Crippen LogP contribution in [0, 0.1) is 11.8 Å². The minimum Gasteiger partial charge on any atom is -0.0683 e. The van der Waals surface area contributed by atoms with Crippen LogP contribution in [0.4, 0.5) is 0 Å². The summed E-state index contributed by atoms with van der Waals surface area (Å²) in [5, 5.41) is 0. The maximum atomic E-state index is 2.35. The third-order valence-corrected chi connectivity index (χ3v) is 2.15. The van der Waals surface area contributed by atoms with Crippen molar-refractivity contribution in [2.45, 2.75) is 60.8 Å². The zero-order valence-corrected chi connectivity index (χ0v) is 9.28. The van der Waals surface area contributed by atoms with E-state index in [1.165, 1.54) is 19.3 Å². The van der Waals surface area contributed by atoms with Crippen LogP contribution in [0.25, 0.3) is 0 Å². The average molecular weight is 158 g/mol. The molecule has 0 rings (SSSR count). The van der Waals surface area contributed by atoms with Gasteiger partial charge in [0.25, 0.3) is 0 Å². The van der Waals surface area contributed by atoms with Gasteiger partial charge in [-0.2, -0.15) is 0 Å². The van der Waals surface area contributed by atoms with E-state index < -0.39 is 0 Å². The molecule has 0 fully saturated rings. The van der Waals surface area contributed by atoms with Gasteiger partial charge in [-0.1, -0.05) is 60.8 Å². The lowest BCUT2D eigenvalue weighted by atomic mass is 9.93. The maximum absolute atomic E-state index is 2.35. The third kappa shape index (κ3) is 10.0. The molecular formula is C11H26. The third-order valence-electron chi connectivity index (χ3n) is 2.15. The van der Waals surface area contributed by atoms with Crippen LogP contribution in [0.1, 0.15) is 60.8 Å². The van der Waals surface area contributed by atoms with Gasteiger partial charge in [0, 0.05) is 0 Å². The van der Waals surface area contributed by atoms with Crippen LogP contribution in [0.2, 0.25) is 0 Å². The number of unbranched alkanes of at least 4 members (excludes halogenated alkanes) is 1. The summed E-state index contributed by atoms with van der Waals surface area (Å²) in [6.45, 7) is 13.2. The predicted molar refractivity (Wildman–Crippen MR) is 54.9 cm³/mol. The summed E-state index contributed by atoms with van der Waals surface area (Å²) in [4.78, 5) is 0. The van der Waals surface area contributed by atoms with E-state index in [2.05, 4.69) is 27.7 Å². The summed E-state index contributed by atoms with van der Waals surface area (Å²) in [6, 6.07) is 0. The van der Waals surface area contributed by atoms with Crippen molar-refractivity contribution in [1.29, 1.82) is 0 Å². The Hall–Kier alpha value is 0. The van der Waals surface area contributed by atoms with E-state index in [0.717, 1.165) is 11.8 Å². The van der Waals surface area contributed by atoms with Gasteiger partial charge in [0.1, 0.15) is 0 Å². The molecule has 0 aliphatic rings. The molecular weight excluding hydrogens is 132 g/mol. The van der Waals surface area contributed by atoms with Crippen molar-refractivity contribution in [1.82, 2.24) is 0 Å². The molecule has 11 heavy (non-hydrogen) atoms. The molecule has 0 aromatic heterocycles. The Bertz CT molecular complexity index is 55.1. The van der Waals surface area contributed by atoms with Gasteiger partial charge in [-0.25, -0.2) is 0 Å². The van der Waals surface area contributed by atoms with Crippen LogP contribution in [-0.4, -0.2) is 0 Å². The first-order chi connectivity index (χ1) is 5.18. The summed E-state index contributed by atoms with van der Waals surface area (Å²) < 4.78 is 0. The van der Waals surface area contributed by atoms with Gasteiger partial charge in [-0.05, 0) is 11.8 Å². The summed E-state index contributed by atoms with van der Waals surface area (Å²) >= 11 is 0. The maximum Gasteiger partial charge on any atom is -0.0420 e. The monoisotopic (exact) mass is 158 g/mol. The Morgan fingerprint density at radius 1 is 1.00 bits per heavy atom. The lowest BCUT2D eigenvalue weighted by molar-refractivity contribution is 0.381. The summed E-state index contributed by atoms with van der Waals surface area (Å²) in [5.74, 6) is 1.79. The molecule has 0 aliphatic carbocycles. The highest BCUT2D eigenvalue weighted by atomic mass is 14.1. The molecule has 0 aromatic carbocycles. The van der Waals surface area contributed by atoms with Gasteiger partial charge < -0.3 is 0 Å². The van der Waals surface area contributed by atoms with Gasteiger partial charge in [0.2, 0.25) is 0 Å². The minimum atomic E-state index is 0.872. The quantitative estimate of drug-likeness (QED) is 0.565. The Morgan fingerprint density at radius 3 is 1.73 bits per heavy atom. The fourth-order valence-corrected chi connectivity index (χ4v) is 0.859. The van der Waals surface area contributed by atoms with Crippen molar-refractivity contribution < 1.29 is 0 Å². The van der Waals surface area contributed by atoms with E-state index in [9.17, 15) is 0 Å². The van der Waals surface area contributed by atoms with Crippen LogP contribution in [0.3, 0.4) is 0 Å². The lowest BCUT2D eigenvalue weighted by Gasteiger charge is -2.13. The first-order valence-corrected chi connectivity index (χ1v) is 5.18. The molecule has 0 nitrogen and oxygen atoms in total. The van der Waals surface area contributed by atoms with Gasteiger partial charge in [0.05, 0.1) is 0 Å². The Morgan fingerprint density at radius 2 is 1.45 bits per heavy atom. The number of rotatable bonds is 4. The molecule has 0 N–H and O–H groups in total. The van der Waals surface area contributed by atoms with E-state index in [0.29, 0.717) is 0 Å². The fourth-order valence-electron chi connectivity index (χ4n) is 0.859. The van der Waals surface area contributed by atoms with Crippen molar-refractivity contribution in [3.63, 3.8) is 0 Å². The fraction of sp³-hybridized carbons (Fsp3) is 1.00. The molecule has 0 aliphatic heterocycles. The predicted octanol–water partition coefficient (Wildman–Crippen LogP) is 4.49. The second-order valence-corrected chi connectivity index (χ2v) is 3.36. The van der Waals surface area contributed by atoms with Crippen molar-refractivity contribution in [2.75, 3.05) is 0 Å². The molecule has 70 valence electrons. The van der Waals surface area contributed by atoms with Crippen molar-refractivity contribution >= 4 is 0 Å². The summed E-state index contributed by atoms with van der Waals surface area (Å²) in [5.41, 5.74) is 0. The largest absolute Gasteiger partial charge is 0.0683 e. The van der Waals surface area contributed by atoms with Crippen molar-refractivity contribution in [3.05, 3.63) is 0 Å². The molecule has 0 aromatic rings. The van der Waals surface area contributed by atoms with E-state index >= 15 is 0 Å². The second kappa shape index (κ2) is 10.0. The van der Waals surface area contributed by atoms with E-state index in [1.54, 1.807) is 0 Å². The van der Waals surface area contributed by atoms with Gasteiger partial charge >= 0.3 is 0 Å². The van der Waals surface area contributed by atoms with Crippen LogP contribution >= 0.6 is 0 Å². The Balaban J connectivity index is 0. The summed E-state index contributed by atoms with van der Waals surface area (Å²) in [6.07, 6.45) is 4.16. The first-order valence-electron chi connectivity index (χ1n) is 5.18. The molecule has 0 saturated heterocycles. The second-order valence-electron chi connectivity index (χ2n) is 3.36. The van der Waals surface area contributed by atoms with Crippen molar-refractivity contribution in [3.8, 4) is 0 Å². The van der Waals surface area contributed by atoms with Gasteiger partial charge in [-0.3, -0.25) is 0 Å². The molecule has 0 heterocycles. The van der Waals surface area contributed by atoms with E-state index in [1.807, 2.05) is 13.8 Å². The number of hydrogen-bond donors (Lipinski definition) is 0. The SMILES string of the molecule is CC.CCCC[C@@H](C)C(C)C. The first kappa shape index (κ1) is 13.6. The standard InChI is InChI=1S/C9H20.C2H6/c1-5-6-7-9(4)8(2)3;1-2/h8-9H,5-7H2,1-4H3;1-2H3/t9-;/m1./s1. The molecule has 0 unspecified atom stereocenters. The molecule has 0 spiro atoms.